The summed E-state index contributed by atoms with van der Waals surface area (Å²) in [7, 11) is 1.25. The average Bonchev–Trinajstić information content (AvgIpc) is 2.69. The fourth-order valence-electron chi connectivity index (χ4n) is 2.45. The van der Waals surface area contributed by atoms with Crippen molar-refractivity contribution < 1.29 is 19.1 Å². The molecule has 0 aromatic heterocycles. The summed E-state index contributed by atoms with van der Waals surface area (Å²) in [4.78, 5) is 24.2. The number of methoxy groups -OCH3 is 1. The summed E-state index contributed by atoms with van der Waals surface area (Å²) in [6.07, 6.45) is 0. The Labute approximate surface area is 155 Å². The Morgan fingerprint density at radius 3 is 2.12 bits per heavy atom. The first-order valence-corrected chi connectivity index (χ1v) is 8.22. The fraction of sp³-hybridized carbons (Fsp3) is 0.0476. The fourth-order valence-corrected chi connectivity index (χ4v) is 2.62. The van der Waals surface area contributed by atoms with Crippen molar-refractivity contribution in [2.24, 2.45) is 0 Å². The van der Waals surface area contributed by atoms with E-state index < -0.39 is 11.9 Å². The van der Waals surface area contributed by atoms with Gasteiger partial charge in [-0.15, -0.1) is 0 Å². The van der Waals surface area contributed by atoms with Gasteiger partial charge in [-0.25, -0.2) is 9.59 Å². The number of carbonyl (C=O) groups is 2. The first-order chi connectivity index (χ1) is 12.6. The van der Waals surface area contributed by atoms with Crippen molar-refractivity contribution in [2.75, 3.05) is 7.11 Å². The Balaban J connectivity index is 1.82. The molecule has 0 aliphatic heterocycles. The second kappa shape index (κ2) is 7.85. The van der Waals surface area contributed by atoms with E-state index in [9.17, 15) is 9.59 Å². The lowest BCUT2D eigenvalue weighted by Crippen LogP contribution is -2.12. The average molecular weight is 367 g/mol. The maximum Gasteiger partial charge on any atom is 0.343 e. The van der Waals surface area contributed by atoms with Gasteiger partial charge in [-0.3, -0.25) is 0 Å². The number of carbonyl (C=O) groups excluding carboxylic acids is 2. The van der Waals surface area contributed by atoms with E-state index in [0.717, 1.165) is 11.1 Å². The van der Waals surface area contributed by atoms with Gasteiger partial charge in [-0.05, 0) is 41.5 Å². The van der Waals surface area contributed by atoms with Crippen LogP contribution in [-0.4, -0.2) is 19.0 Å². The van der Waals surface area contributed by atoms with Crippen molar-refractivity contribution >= 4 is 23.5 Å². The quantitative estimate of drug-likeness (QED) is 0.481. The van der Waals surface area contributed by atoms with Gasteiger partial charge in [0.15, 0.2) is 0 Å². The molecular weight excluding hydrogens is 352 g/mol. The van der Waals surface area contributed by atoms with Crippen LogP contribution in [0.2, 0.25) is 5.02 Å². The van der Waals surface area contributed by atoms with Crippen LogP contribution in [0.15, 0.2) is 72.8 Å². The van der Waals surface area contributed by atoms with E-state index in [0.29, 0.717) is 10.6 Å². The topological polar surface area (TPSA) is 52.6 Å². The van der Waals surface area contributed by atoms with Crippen molar-refractivity contribution in [3.8, 4) is 16.9 Å². The van der Waals surface area contributed by atoms with Crippen LogP contribution >= 0.6 is 11.6 Å². The molecule has 3 aromatic carbocycles. The normalized spacial score (nSPS) is 10.2. The maximum atomic E-state index is 12.4. The Hall–Kier alpha value is -3.11. The lowest BCUT2D eigenvalue weighted by atomic mass is 10.0. The highest BCUT2D eigenvalue weighted by Gasteiger charge is 2.17. The summed E-state index contributed by atoms with van der Waals surface area (Å²) < 4.78 is 10.1. The number of hydrogen-bond donors (Lipinski definition) is 0. The van der Waals surface area contributed by atoms with Gasteiger partial charge in [0.25, 0.3) is 0 Å². The lowest BCUT2D eigenvalue weighted by molar-refractivity contribution is 0.0593. The molecule has 5 heteroatoms. The van der Waals surface area contributed by atoms with E-state index in [2.05, 4.69) is 0 Å². The summed E-state index contributed by atoms with van der Waals surface area (Å²) in [5.41, 5.74) is 2.51. The van der Waals surface area contributed by atoms with E-state index in [1.165, 1.54) is 25.3 Å². The molecule has 0 fully saturated rings. The Morgan fingerprint density at radius 1 is 0.808 bits per heavy atom. The van der Waals surface area contributed by atoms with Crippen LogP contribution in [0.4, 0.5) is 0 Å². The van der Waals surface area contributed by atoms with Crippen molar-refractivity contribution in [3.63, 3.8) is 0 Å². The molecule has 130 valence electrons. The molecule has 0 aliphatic rings. The van der Waals surface area contributed by atoms with Crippen LogP contribution in [0, 0.1) is 0 Å². The largest absolute Gasteiger partial charge is 0.465 e. The highest BCUT2D eigenvalue weighted by molar-refractivity contribution is 6.31. The second-order valence-corrected chi connectivity index (χ2v) is 5.90. The number of benzene rings is 3. The van der Waals surface area contributed by atoms with Crippen molar-refractivity contribution in [1.82, 2.24) is 0 Å². The zero-order valence-electron chi connectivity index (χ0n) is 13.9. The third kappa shape index (κ3) is 3.92. The van der Waals surface area contributed by atoms with Gasteiger partial charge in [0.1, 0.15) is 11.3 Å². The molecule has 0 atom stereocenters. The standard InChI is InChI=1S/C21H15ClO4/c1-25-21(24)18-13-17(22)11-12-19(18)26-20(23)16-9-7-15(8-10-16)14-5-3-2-4-6-14/h2-13H,1H3. The minimum atomic E-state index is -0.630. The van der Waals surface area contributed by atoms with E-state index in [4.69, 9.17) is 21.1 Å². The third-order valence-corrected chi connectivity index (χ3v) is 4.01. The molecule has 4 nitrogen and oxygen atoms in total. The van der Waals surface area contributed by atoms with Gasteiger partial charge in [-0.2, -0.15) is 0 Å². The highest BCUT2D eigenvalue weighted by atomic mass is 35.5. The highest BCUT2D eigenvalue weighted by Crippen LogP contribution is 2.25. The van der Waals surface area contributed by atoms with Gasteiger partial charge in [-0.1, -0.05) is 54.1 Å². The Morgan fingerprint density at radius 2 is 1.46 bits per heavy atom. The van der Waals surface area contributed by atoms with E-state index in [-0.39, 0.29) is 11.3 Å². The first-order valence-electron chi connectivity index (χ1n) is 7.84. The molecule has 26 heavy (non-hydrogen) atoms. The monoisotopic (exact) mass is 366 g/mol. The van der Waals surface area contributed by atoms with Gasteiger partial charge in [0.05, 0.1) is 12.7 Å². The number of rotatable bonds is 4. The summed E-state index contributed by atoms with van der Waals surface area (Å²) in [6, 6.07) is 21.3. The smallest absolute Gasteiger partial charge is 0.343 e. The van der Waals surface area contributed by atoms with Crippen molar-refractivity contribution in [3.05, 3.63) is 88.9 Å². The number of hydrogen-bond acceptors (Lipinski definition) is 4. The number of halogens is 1. The molecule has 0 unspecified atom stereocenters. The summed E-state index contributed by atoms with van der Waals surface area (Å²) in [5.74, 6) is -1.11. The minimum absolute atomic E-state index is 0.0919. The third-order valence-electron chi connectivity index (χ3n) is 3.78. The zero-order valence-corrected chi connectivity index (χ0v) is 14.7. The number of ether oxygens (including phenoxy) is 2. The lowest BCUT2D eigenvalue weighted by Gasteiger charge is -2.09. The van der Waals surface area contributed by atoms with E-state index in [1.807, 2.05) is 42.5 Å². The molecular formula is C21H15ClO4. The minimum Gasteiger partial charge on any atom is -0.465 e. The van der Waals surface area contributed by atoms with Gasteiger partial charge < -0.3 is 9.47 Å². The van der Waals surface area contributed by atoms with Crippen LogP contribution in [-0.2, 0) is 4.74 Å². The molecule has 0 saturated heterocycles. The predicted molar refractivity (Wildman–Crippen MR) is 99.6 cm³/mol. The van der Waals surface area contributed by atoms with Crippen LogP contribution < -0.4 is 4.74 Å². The molecule has 0 N–H and O–H groups in total. The molecule has 0 heterocycles. The van der Waals surface area contributed by atoms with E-state index in [1.54, 1.807) is 12.1 Å². The molecule has 0 saturated carbocycles. The van der Waals surface area contributed by atoms with Crippen LogP contribution in [0.1, 0.15) is 20.7 Å². The van der Waals surface area contributed by atoms with Crippen LogP contribution in [0.25, 0.3) is 11.1 Å². The Bertz CT molecular complexity index is 934. The molecule has 3 rings (SSSR count). The van der Waals surface area contributed by atoms with E-state index >= 15 is 0 Å². The second-order valence-electron chi connectivity index (χ2n) is 5.46. The molecule has 0 bridgehead atoms. The van der Waals surface area contributed by atoms with Crippen molar-refractivity contribution in [1.29, 1.82) is 0 Å². The summed E-state index contributed by atoms with van der Waals surface area (Å²) in [5, 5.41) is 0.345. The van der Waals surface area contributed by atoms with Gasteiger partial charge in [0, 0.05) is 5.02 Å². The molecule has 0 radical (unpaired) electrons. The predicted octanol–water partition coefficient (Wildman–Crippen LogP) is 5.01. The van der Waals surface area contributed by atoms with Crippen LogP contribution in [0.5, 0.6) is 5.75 Å². The van der Waals surface area contributed by atoms with Gasteiger partial charge in [0.2, 0.25) is 0 Å². The maximum absolute atomic E-state index is 12.4. The van der Waals surface area contributed by atoms with Crippen molar-refractivity contribution in [2.45, 2.75) is 0 Å². The SMILES string of the molecule is COC(=O)c1cc(Cl)ccc1OC(=O)c1ccc(-c2ccccc2)cc1. The zero-order chi connectivity index (χ0) is 18.5. The first kappa shape index (κ1) is 17.7. The van der Waals surface area contributed by atoms with Gasteiger partial charge >= 0.3 is 11.9 Å². The molecule has 3 aromatic rings. The summed E-state index contributed by atoms with van der Waals surface area (Å²) in [6.45, 7) is 0. The summed E-state index contributed by atoms with van der Waals surface area (Å²) >= 11 is 5.90. The molecule has 0 spiro atoms. The molecule has 0 amide bonds. The Kier molecular flexibility index (Phi) is 5.34. The number of esters is 2. The molecule has 0 aliphatic carbocycles. The van der Waals surface area contributed by atoms with Crippen LogP contribution in [0.3, 0.4) is 0 Å².